The molecule has 0 aliphatic heterocycles. The molecule has 26 heavy (non-hydrogen) atoms. The van der Waals surface area contributed by atoms with Gasteiger partial charge in [0, 0.05) is 23.9 Å². The number of methoxy groups -OCH3 is 1. The zero-order valence-corrected chi connectivity index (χ0v) is 15.5. The summed E-state index contributed by atoms with van der Waals surface area (Å²) in [7, 11) is 1.52. The second-order valence-electron chi connectivity index (χ2n) is 5.48. The number of thiocarbonyl (C=S) groups is 1. The van der Waals surface area contributed by atoms with E-state index >= 15 is 0 Å². The first kappa shape index (κ1) is 19.6. The zero-order chi connectivity index (χ0) is 18.9. The van der Waals surface area contributed by atoms with E-state index in [-0.39, 0.29) is 5.56 Å². The van der Waals surface area contributed by atoms with Gasteiger partial charge in [-0.05, 0) is 18.6 Å². The van der Waals surface area contributed by atoms with Gasteiger partial charge in [-0.2, -0.15) is 4.98 Å². The number of nitrogens with zero attached hydrogens (tertiary/aromatic N) is 2. The van der Waals surface area contributed by atoms with Crippen LogP contribution in [0.2, 0.25) is 0 Å². The summed E-state index contributed by atoms with van der Waals surface area (Å²) >= 11 is 5.40. The quantitative estimate of drug-likeness (QED) is 0.508. The lowest BCUT2D eigenvalue weighted by molar-refractivity contribution is 0.0696. The predicted octanol–water partition coefficient (Wildman–Crippen LogP) is 3.54. The van der Waals surface area contributed by atoms with Crippen molar-refractivity contribution in [2.24, 2.45) is 0 Å². The van der Waals surface area contributed by atoms with Gasteiger partial charge in [-0.15, -0.1) is 0 Å². The van der Waals surface area contributed by atoms with Gasteiger partial charge >= 0.3 is 5.97 Å². The standard InChI is InChI=1S/C18H21N3O4S/c1-3-4-5-8-25-16-10-13(9-15(21-16)24-2)17(26)20-14-7-6-12(11-19-14)18(22)23/h6-7,9-11H,3-5,8H2,1-2H3,(H,22,23)(H,19,20,26). The van der Waals surface area contributed by atoms with Crippen molar-refractivity contribution in [2.45, 2.75) is 26.2 Å². The Hall–Kier alpha value is -2.74. The Balaban J connectivity index is 2.10. The Morgan fingerprint density at radius 1 is 1.23 bits per heavy atom. The molecule has 0 spiro atoms. The maximum Gasteiger partial charge on any atom is 0.337 e. The molecule has 7 nitrogen and oxygen atoms in total. The molecule has 0 saturated heterocycles. The van der Waals surface area contributed by atoms with Gasteiger partial charge in [0.1, 0.15) is 10.8 Å². The number of carboxylic acids is 1. The minimum atomic E-state index is -1.03. The Morgan fingerprint density at radius 3 is 2.62 bits per heavy atom. The number of rotatable bonds is 9. The number of carboxylic acid groups (broad SMARTS) is 1. The van der Waals surface area contributed by atoms with Crippen LogP contribution in [0.4, 0.5) is 5.82 Å². The molecule has 0 radical (unpaired) electrons. The van der Waals surface area contributed by atoms with E-state index in [0.717, 1.165) is 19.3 Å². The zero-order valence-electron chi connectivity index (χ0n) is 14.7. The maximum atomic E-state index is 10.9. The highest BCUT2D eigenvalue weighted by atomic mass is 32.1. The van der Waals surface area contributed by atoms with Gasteiger partial charge in [0.2, 0.25) is 11.8 Å². The predicted molar refractivity (Wildman–Crippen MR) is 102 cm³/mol. The Bertz CT molecular complexity index is 766. The minimum Gasteiger partial charge on any atom is -0.481 e. The van der Waals surface area contributed by atoms with E-state index in [4.69, 9.17) is 26.8 Å². The van der Waals surface area contributed by atoms with Crippen molar-refractivity contribution >= 4 is 29.0 Å². The van der Waals surface area contributed by atoms with E-state index in [2.05, 4.69) is 22.2 Å². The van der Waals surface area contributed by atoms with Crippen LogP contribution < -0.4 is 14.8 Å². The highest BCUT2D eigenvalue weighted by Crippen LogP contribution is 2.20. The van der Waals surface area contributed by atoms with E-state index in [9.17, 15) is 4.79 Å². The van der Waals surface area contributed by atoms with E-state index in [1.807, 2.05) is 0 Å². The normalized spacial score (nSPS) is 10.2. The number of anilines is 1. The van der Waals surface area contributed by atoms with E-state index in [0.29, 0.717) is 34.7 Å². The molecule has 0 unspecified atom stereocenters. The van der Waals surface area contributed by atoms with Crippen LogP contribution in [0.25, 0.3) is 0 Å². The molecule has 0 atom stereocenters. The number of aromatic nitrogens is 2. The summed E-state index contributed by atoms with van der Waals surface area (Å²) in [5, 5.41) is 11.9. The Labute approximate surface area is 157 Å². The summed E-state index contributed by atoms with van der Waals surface area (Å²) in [6.07, 6.45) is 4.42. The average molecular weight is 375 g/mol. The second-order valence-corrected chi connectivity index (χ2v) is 5.89. The summed E-state index contributed by atoms with van der Waals surface area (Å²) in [5.74, 6) is 0.247. The number of unbranched alkanes of at least 4 members (excludes halogenated alkanes) is 2. The maximum absolute atomic E-state index is 10.9. The van der Waals surface area contributed by atoms with E-state index in [1.165, 1.54) is 19.4 Å². The van der Waals surface area contributed by atoms with Gasteiger partial charge in [0.15, 0.2) is 0 Å². The SMILES string of the molecule is CCCCCOc1cc(C(=S)Nc2ccc(C(=O)O)cn2)cc(OC)n1. The fraction of sp³-hybridized carbons (Fsp3) is 0.333. The first-order valence-electron chi connectivity index (χ1n) is 8.23. The van der Waals surface area contributed by atoms with Crippen molar-refractivity contribution in [3.05, 3.63) is 41.6 Å². The summed E-state index contributed by atoms with van der Waals surface area (Å²) < 4.78 is 10.9. The van der Waals surface area contributed by atoms with Gasteiger partial charge in [0.05, 0.1) is 19.3 Å². The molecule has 0 saturated carbocycles. The Kier molecular flexibility index (Phi) is 7.28. The molecule has 0 fully saturated rings. The number of aromatic carboxylic acids is 1. The number of nitrogens with one attached hydrogen (secondary N) is 1. The smallest absolute Gasteiger partial charge is 0.337 e. The van der Waals surface area contributed by atoms with Crippen molar-refractivity contribution in [1.29, 1.82) is 0 Å². The topological polar surface area (TPSA) is 93.6 Å². The van der Waals surface area contributed by atoms with Crippen molar-refractivity contribution in [1.82, 2.24) is 9.97 Å². The third kappa shape index (κ3) is 5.66. The molecule has 0 amide bonds. The monoisotopic (exact) mass is 375 g/mol. The van der Waals surface area contributed by atoms with Crippen LogP contribution in [0.15, 0.2) is 30.5 Å². The van der Waals surface area contributed by atoms with Crippen LogP contribution in [0.1, 0.15) is 42.1 Å². The summed E-state index contributed by atoms with van der Waals surface area (Å²) in [6, 6.07) is 6.43. The lowest BCUT2D eigenvalue weighted by atomic mass is 10.2. The molecule has 2 heterocycles. The molecule has 138 valence electrons. The fourth-order valence-corrected chi connectivity index (χ4v) is 2.32. The summed E-state index contributed by atoms with van der Waals surface area (Å²) in [6.45, 7) is 2.70. The van der Waals surface area contributed by atoms with Crippen LogP contribution in [0.5, 0.6) is 11.8 Å². The van der Waals surface area contributed by atoms with E-state index in [1.54, 1.807) is 18.2 Å². The Morgan fingerprint density at radius 2 is 2.00 bits per heavy atom. The lowest BCUT2D eigenvalue weighted by Crippen LogP contribution is -2.13. The lowest BCUT2D eigenvalue weighted by Gasteiger charge is -2.11. The van der Waals surface area contributed by atoms with Crippen molar-refractivity contribution in [3.63, 3.8) is 0 Å². The largest absolute Gasteiger partial charge is 0.481 e. The van der Waals surface area contributed by atoms with Crippen molar-refractivity contribution in [2.75, 3.05) is 19.0 Å². The molecule has 2 aromatic heterocycles. The van der Waals surface area contributed by atoms with Gasteiger partial charge < -0.3 is 19.9 Å². The minimum absolute atomic E-state index is 0.106. The molecule has 2 aromatic rings. The summed E-state index contributed by atoms with van der Waals surface area (Å²) in [5.41, 5.74) is 0.774. The highest BCUT2D eigenvalue weighted by molar-refractivity contribution is 7.81. The van der Waals surface area contributed by atoms with E-state index < -0.39 is 5.97 Å². The first-order valence-corrected chi connectivity index (χ1v) is 8.64. The molecule has 0 aliphatic rings. The van der Waals surface area contributed by atoms with Crippen LogP contribution in [0, 0.1) is 0 Å². The molecule has 8 heteroatoms. The van der Waals surface area contributed by atoms with Gasteiger partial charge in [-0.25, -0.2) is 9.78 Å². The fourth-order valence-electron chi connectivity index (χ4n) is 2.10. The van der Waals surface area contributed by atoms with Crippen LogP contribution in [-0.4, -0.2) is 39.7 Å². The number of hydrogen-bond acceptors (Lipinski definition) is 6. The highest BCUT2D eigenvalue weighted by Gasteiger charge is 2.10. The third-order valence-electron chi connectivity index (χ3n) is 3.50. The summed E-state index contributed by atoms with van der Waals surface area (Å²) in [4.78, 5) is 19.6. The molecular weight excluding hydrogens is 354 g/mol. The molecule has 2 N–H and O–H groups in total. The molecule has 0 aliphatic carbocycles. The number of ether oxygens (including phenoxy) is 2. The molecular formula is C18H21N3O4S. The van der Waals surface area contributed by atoms with Crippen LogP contribution in [-0.2, 0) is 0 Å². The van der Waals surface area contributed by atoms with Gasteiger partial charge in [0.25, 0.3) is 0 Å². The first-order chi connectivity index (χ1) is 12.5. The molecule has 2 rings (SSSR count). The number of hydrogen-bond donors (Lipinski definition) is 2. The second kappa shape index (κ2) is 9.67. The van der Waals surface area contributed by atoms with Crippen LogP contribution >= 0.6 is 12.2 Å². The molecule has 0 aromatic carbocycles. The van der Waals surface area contributed by atoms with Crippen molar-refractivity contribution < 1.29 is 19.4 Å². The van der Waals surface area contributed by atoms with Crippen LogP contribution in [0.3, 0.4) is 0 Å². The number of pyridine rings is 2. The number of carbonyl (C=O) groups is 1. The third-order valence-corrected chi connectivity index (χ3v) is 3.84. The average Bonchev–Trinajstić information content (AvgIpc) is 2.65. The van der Waals surface area contributed by atoms with Gasteiger partial charge in [-0.1, -0.05) is 32.0 Å². The van der Waals surface area contributed by atoms with Gasteiger partial charge in [-0.3, -0.25) is 0 Å². The van der Waals surface area contributed by atoms with Crippen molar-refractivity contribution in [3.8, 4) is 11.8 Å². The molecule has 0 bridgehead atoms.